The van der Waals surface area contributed by atoms with E-state index >= 15 is 0 Å². The molecule has 0 atom stereocenters. The minimum absolute atomic E-state index is 0. The van der Waals surface area contributed by atoms with E-state index < -0.39 is 12.2 Å². The molecule has 0 aliphatic heterocycles. The second-order valence-corrected chi connectivity index (χ2v) is 0.899. The molecule has 0 bridgehead atoms. The number of carboxylic acid groups (broad SMARTS) is 2. The molecule has 0 spiro atoms. The Morgan fingerprint density at radius 1 is 1.00 bits per heavy atom. The number of hydrogen-bond donors (Lipinski definition) is 6. The van der Waals surface area contributed by atoms with Crippen molar-refractivity contribution in [2.24, 2.45) is 11.7 Å². The van der Waals surface area contributed by atoms with E-state index in [1.54, 1.807) is 0 Å². The summed E-state index contributed by atoms with van der Waals surface area (Å²) in [6.07, 6.45) is -2.44. The van der Waals surface area contributed by atoms with E-state index in [2.05, 4.69) is 11.7 Å². The van der Waals surface area contributed by atoms with Gasteiger partial charge >= 0.3 is 12.2 Å². The Morgan fingerprint density at radius 2 is 1.09 bits per heavy atom. The average molecular weight is 208 g/mol. The maximum atomic E-state index is 9.13. The number of carbonyl (C=O) groups is 2. The van der Waals surface area contributed by atoms with Crippen molar-refractivity contribution in [1.29, 1.82) is 0 Å². The van der Waals surface area contributed by atoms with Crippen LogP contribution >= 0.6 is 0 Å². The van der Waals surface area contributed by atoms with Crippen LogP contribution in [0.2, 0.25) is 0 Å². The summed E-state index contributed by atoms with van der Waals surface area (Å²) in [5.41, 5.74) is 2.89. The van der Waals surface area contributed by atoms with Gasteiger partial charge in [-0.2, -0.15) is 0 Å². The molecule has 11 heavy (non-hydrogen) atoms. The molecule has 0 radical (unpaired) electrons. The Hall–Kier alpha value is -1.02. The predicted octanol–water partition coefficient (Wildman–Crippen LogP) is -1.75. The summed E-state index contributed by atoms with van der Waals surface area (Å²) in [4.78, 5) is 18.3. The molecule has 0 aromatic heterocycles. The van der Waals surface area contributed by atoms with Crippen LogP contribution in [0.15, 0.2) is 0 Å². The third-order valence-electron chi connectivity index (χ3n) is 0.247. The number of nitrogens with one attached hydrogen (secondary N) is 2. The zero-order chi connectivity index (χ0) is 8.57. The SMILES string of the molecule is NNC(=O)O.NNC(=O)O.[Fe]. The maximum Gasteiger partial charge on any atom is 0.418 e. The molecule has 0 aromatic rings. The second-order valence-electron chi connectivity index (χ2n) is 0.899. The Morgan fingerprint density at radius 3 is 1.09 bits per heavy atom. The van der Waals surface area contributed by atoms with Gasteiger partial charge in [-0.25, -0.2) is 21.3 Å². The number of hydrogen-bond acceptors (Lipinski definition) is 4. The molecule has 0 heterocycles. The van der Waals surface area contributed by atoms with Gasteiger partial charge < -0.3 is 10.2 Å². The molecule has 8 nitrogen and oxygen atoms in total. The van der Waals surface area contributed by atoms with Crippen molar-refractivity contribution in [3.8, 4) is 0 Å². The molecule has 8 N–H and O–H groups in total. The molecule has 9 heteroatoms. The van der Waals surface area contributed by atoms with Gasteiger partial charge in [0.15, 0.2) is 0 Å². The normalized spacial score (nSPS) is 6.00. The van der Waals surface area contributed by atoms with Gasteiger partial charge in [-0.3, -0.25) is 10.9 Å². The monoisotopic (exact) mass is 208 g/mol. The molecule has 68 valence electrons. The standard InChI is InChI=1S/2CH4N2O2.Fe/c2*2-3-1(4)5;/h2*3H,2H2,(H,4,5);. The van der Waals surface area contributed by atoms with Crippen LogP contribution in [0.1, 0.15) is 0 Å². The molecule has 0 rings (SSSR count). The summed E-state index contributed by atoms with van der Waals surface area (Å²) in [5.74, 6) is 8.64. The van der Waals surface area contributed by atoms with Crippen LogP contribution in [-0.2, 0) is 17.1 Å². The van der Waals surface area contributed by atoms with Crippen molar-refractivity contribution < 1.29 is 36.9 Å². The Bertz CT molecular complexity index is 105. The number of amides is 2. The van der Waals surface area contributed by atoms with E-state index in [9.17, 15) is 0 Å². The Labute approximate surface area is 72.3 Å². The third-order valence-corrected chi connectivity index (χ3v) is 0.247. The molecular weight excluding hydrogens is 200 g/mol. The van der Waals surface area contributed by atoms with Gasteiger partial charge in [-0.15, -0.1) is 0 Å². The minimum Gasteiger partial charge on any atom is -0.464 e. The molecular formula is C2H8FeN4O4. The van der Waals surface area contributed by atoms with E-state index in [1.165, 1.54) is 10.9 Å². The van der Waals surface area contributed by atoms with Crippen molar-refractivity contribution in [3.05, 3.63) is 0 Å². The Kier molecular flexibility index (Phi) is 17.6. The summed E-state index contributed by atoms with van der Waals surface area (Å²) in [7, 11) is 0. The fourth-order valence-corrected chi connectivity index (χ4v) is 0. The van der Waals surface area contributed by atoms with Gasteiger partial charge in [0.1, 0.15) is 0 Å². The van der Waals surface area contributed by atoms with Crippen molar-refractivity contribution in [2.75, 3.05) is 0 Å². The molecule has 0 saturated heterocycles. The van der Waals surface area contributed by atoms with Gasteiger partial charge in [0.25, 0.3) is 0 Å². The molecule has 2 amide bonds. The second kappa shape index (κ2) is 11.7. The first-order chi connectivity index (χ1) is 4.54. The smallest absolute Gasteiger partial charge is 0.418 e. The predicted molar refractivity (Wildman–Crippen MR) is 30.7 cm³/mol. The van der Waals surface area contributed by atoms with Crippen molar-refractivity contribution in [3.63, 3.8) is 0 Å². The third kappa shape index (κ3) is 49.3. The zero-order valence-electron chi connectivity index (χ0n) is 5.22. The summed E-state index contributed by atoms with van der Waals surface area (Å²) >= 11 is 0. The fraction of sp³-hybridized carbons (Fsp3) is 0. The zero-order valence-corrected chi connectivity index (χ0v) is 6.32. The topological polar surface area (TPSA) is 151 Å². The van der Waals surface area contributed by atoms with Crippen LogP contribution in [0.25, 0.3) is 0 Å². The minimum atomic E-state index is -1.22. The van der Waals surface area contributed by atoms with E-state index in [0.29, 0.717) is 0 Å². The van der Waals surface area contributed by atoms with E-state index in [-0.39, 0.29) is 17.1 Å². The van der Waals surface area contributed by atoms with Gasteiger partial charge in [0.05, 0.1) is 0 Å². The van der Waals surface area contributed by atoms with Gasteiger partial charge in [-0.1, -0.05) is 0 Å². The van der Waals surface area contributed by atoms with Gasteiger partial charge in [0.2, 0.25) is 0 Å². The van der Waals surface area contributed by atoms with Crippen LogP contribution in [0.3, 0.4) is 0 Å². The fourth-order valence-electron chi connectivity index (χ4n) is 0. The van der Waals surface area contributed by atoms with E-state index in [1.807, 2.05) is 0 Å². The van der Waals surface area contributed by atoms with Crippen molar-refractivity contribution >= 4 is 12.2 Å². The summed E-state index contributed by atoms with van der Waals surface area (Å²) in [6, 6.07) is 0. The molecule has 0 saturated carbocycles. The maximum absolute atomic E-state index is 9.13. The van der Waals surface area contributed by atoms with E-state index in [0.717, 1.165) is 0 Å². The van der Waals surface area contributed by atoms with Crippen LogP contribution in [0.5, 0.6) is 0 Å². The molecule has 0 aliphatic carbocycles. The van der Waals surface area contributed by atoms with Crippen molar-refractivity contribution in [1.82, 2.24) is 10.9 Å². The molecule has 0 fully saturated rings. The first-order valence-electron chi connectivity index (χ1n) is 1.93. The van der Waals surface area contributed by atoms with Gasteiger partial charge in [-0.05, 0) is 0 Å². The van der Waals surface area contributed by atoms with Crippen molar-refractivity contribution in [2.45, 2.75) is 0 Å². The number of nitrogens with two attached hydrogens (primary N) is 2. The largest absolute Gasteiger partial charge is 0.464 e. The summed E-state index contributed by atoms with van der Waals surface area (Å²) in [5, 5.41) is 15.0. The van der Waals surface area contributed by atoms with Gasteiger partial charge in [0, 0.05) is 17.1 Å². The first kappa shape index (κ1) is 16.5. The van der Waals surface area contributed by atoms with Crippen LogP contribution in [0.4, 0.5) is 9.59 Å². The number of rotatable bonds is 0. The van der Waals surface area contributed by atoms with Crippen LogP contribution in [0, 0.1) is 0 Å². The molecule has 0 aromatic carbocycles. The van der Waals surface area contributed by atoms with Crippen LogP contribution in [-0.4, -0.2) is 22.4 Å². The Balaban J connectivity index is -0.000000107. The summed E-state index contributed by atoms with van der Waals surface area (Å²) < 4.78 is 0. The number of hydrazine groups is 2. The molecule has 0 aliphatic rings. The first-order valence-corrected chi connectivity index (χ1v) is 1.93. The quantitative estimate of drug-likeness (QED) is 0.120. The molecule has 0 unspecified atom stereocenters. The van der Waals surface area contributed by atoms with E-state index in [4.69, 9.17) is 19.8 Å². The summed E-state index contributed by atoms with van der Waals surface area (Å²) in [6.45, 7) is 0. The average Bonchev–Trinajstić information content (AvgIpc) is 1.89. The van der Waals surface area contributed by atoms with Crippen LogP contribution < -0.4 is 22.5 Å².